The van der Waals surface area contributed by atoms with Crippen LogP contribution in [-0.2, 0) is 11.3 Å². The fourth-order valence-corrected chi connectivity index (χ4v) is 1.65. The van der Waals surface area contributed by atoms with E-state index in [0.29, 0.717) is 25.5 Å². The smallest absolute Gasteiger partial charge is 0.271 e. The van der Waals surface area contributed by atoms with E-state index in [1.54, 1.807) is 24.2 Å². The molecule has 2 aromatic rings. The molecule has 0 spiro atoms. The van der Waals surface area contributed by atoms with Gasteiger partial charge in [0.15, 0.2) is 0 Å². The maximum atomic E-state index is 11.9. The van der Waals surface area contributed by atoms with E-state index < -0.39 is 0 Å². The van der Waals surface area contributed by atoms with Gasteiger partial charge in [0.05, 0.1) is 13.2 Å². The van der Waals surface area contributed by atoms with Crippen LogP contribution in [0.25, 0.3) is 0 Å². The van der Waals surface area contributed by atoms with Gasteiger partial charge in [-0.1, -0.05) is 30.3 Å². The van der Waals surface area contributed by atoms with Crippen LogP contribution >= 0.6 is 0 Å². The summed E-state index contributed by atoms with van der Waals surface area (Å²) in [4.78, 5) is 13.5. The van der Waals surface area contributed by atoms with Crippen LogP contribution in [0, 0.1) is 0 Å². The zero-order valence-corrected chi connectivity index (χ0v) is 10.9. The van der Waals surface area contributed by atoms with Crippen LogP contribution in [0.15, 0.2) is 42.6 Å². The van der Waals surface area contributed by atoms with Crippen molar-refractivity contribution in [1.29, 1.82) is 0 Å². The summed E-state index contributed by atoms with van der Waals surface area (Å²) in [6.07, 6.45) is 1.56. The molecule has 100 valence electrons. The molecule has 0 bridgehead atoms. The van der Waals surface area contributed by atoms with Crippen molar-refractivity contribution >= 4 is 5.91 Å². The zero-order valence-electron chi connectivity index (χ0n) is 10.9. The number of likely N-dealkylation sites (N-methyl/N-ethyl adjacent to an activating group) is 1. The number of nitrogens with zero attached hydrogens (tertiary/aromatic N) is 2. The van der Waals surface area contributed by atoms with Crippen LogP contribution in [0.2, 0.25) is 0 Å². The van der Waals surface area contributed by atoms with E-state index in [1.165, 1.54) is 0 Å². The predicted molar refractivity (Wildman–Crippen MR) is 71.6 cm³/mol. The van der Waals surface area contributed by atoms with Gasteiger partial charge in [0.1, 0.15) is 5.69 Å². The van der Waals surface area contributed by atoms with Crippen LogP contribution in [0.3, 0.4) is 0 Å². The highest BCUT2D eigenvalue weighted by Gasteiger charge is 2.11. The van der Waals surface area contributed by atoms with E-state index in [-0.39, 0.29) is 5.91 Å². The van der Waals surface area contributed by atoms with Crippen molar-refractivity contribution in [2.24, 2.45) is 0 Å². The molecule has 0 saturated carbocycles. The number of nitrogens with one attached hydrogen (secondary N) is 1. The summed E-state index contributed by atoms with van der Waals surface area (Å²) >= 11 is 0. The van der Waals surface area contributed by atoms with E-state index in [4.69, 9.17) is 4.74 Å². The van der Waals surface area contributed by atoms with Crippen LogP contribution in [0.5, 0.6) is 0 Å². The van der Waals surface area contributed by atoms with Gasteiger partial charge in [0.2, 0.25) is 0 Å². The highest BCUT2D eigenvalue weighted by Crippen LogP contribution is 2.01. The highest BCUT2D eigenvalue weighted by molar-refractivity contribution is 5.91. The summed E-state index contributed by atoms with van der Waals surface area (Å²) in [7, 11) is 1.75. The topological polar surface area (TPSA) is 58.2 Å². The number of amides is 1. The van der Waals surface area contributed by atoms with Gasteiger partial charge in [-0.3, -0.25) is 9.89 Å². The number of ether oxygens (including phenoxy) is 1. The van der Waals surface area contributed by atoms with E-state index in [0.717, 1.165) is 5.56 Å². The number of carbonyl (C=O) groups excluding carboxylic acids is 1. The molecule has 0 radical (unpaired) electrons. The van der Waals surface area contributed by atoms with Crippen LogP contribution in [-0.4, -0.2) is 41.2 Å². The van der Waals surface area contributed by atoms with Crippen molar-refractivity contribution in [3.63, 3.8) is 0 Å². The van der Waals surface area contributed by atoms with Gasteiger partial charge in [-0.05, 0) is 11.6 Å². The number of H-pyrrole nitrogens is 1. The summed E-state index contributed by atoms with van der Waals surface area (Å²) in [6, 6.07) is 11.6. The van der Waals surface area contributed by atoms with Crippen molar-refractivity contribution in [2.75, 3.05) is 20.2 Å². The number of rotatable bonds is 6. The summed E-state index contributed by atoms with van der Waals surface area (Å²) < 4.78 is 5.54. The largest absolute Gasteiger partial charge is 0.375 e. The highest BCUT2D eigenvalue weighted by atomic mass is 16.5. The van der Waals surface area contributed by atoms with Crippen molar-refractivity contribution in [1.82, 2.24) is 15.1 Å². The first-order valence-corrected chi connectivity index (χ1v) is 6.14. The molecule has 0 unspecified atom stereocenters. The second-order valence-corrected chi connectivity index (χ2v) is 4.24. The van der Waals surface area contributed by atoms with Crippen LogP contribution in [0.4, 0.5) is 0 Å². The monoisotopic (exact) mass is 259 g/mol. The Hall–Kier alpha value is -2.14. The molecule has 0 fully saturated rings. The summed E-state index contributed by atoms with van der Waals surface area (Å²) in [6.45, 7) is 1.61. The number of aromatic nitrogens is 2. The van der Waals surface area contributed by atoms with Gasteiger partial charge in [-0.15, -0.1) is 0 Å². The number of hydrogen-bond donors (Lipinski definition) is 1. The maximum Gasteiger partial charge on any atom is 0.271 e. The summed E-state index contributed by atoms with van der Waals surface area (Å²) in [5.74, 6) is -0.0826. The number of hydrogen-bond acceptors (Lipinski definition) is 3. The molecule has 0 aliphatic rings. The first kappa shape index (κ1) is 13.3. The summed E-state index contributed by atoms with van der Waals surface area (Å²) in [5, 5.41) is 6.41. The molecule has 19 heavy (non-hydrogen) atoms. The zero-order chi connectivity index (χ0) is 13.5. The molecule has 1 amide bonds. The Morgan fingerprint density at radius 2 is 2.11 bits per heavy atom. The minimum Gasteiger partial charge on any atom is -0.375 e. The molecule has 0 aliphatic carbocycles. The minimum atomic E-state index is -0.0826. The lowest BCUT2D eigenvalue weighted by Gasteiger charge is -2.16. The Morgan fingerprint density at radius 3 is 2.79 bits per heavy atom. The molecule has 0 aliphatic heterocycles. The van der Waals surface area contributed by atoms with E-state index in [2.05, 4.69) is 10.2 Å². The molecular weight excluding hydrogens is 242 g/mol. The van der Waals surface area contributed by atoms with Crippen molar-refractivity contribution in [3.8, 4) is 0 Å². The van der Waals surface area contributed by atoms with Crippen molar-refractivity contribution in [3.05, 3.63) is 53.9 Å². The molecule has 1 aromatic heterocycles. The van der Waals surface area contributed by atoms with E-state index in [9.17, 15) is 4.79 Å². The average molecular weight is 259 g/mol. The van der Waals surface area contributed by atoms with Gasteiger partial charge >= 0.3 is 0 Å². The molecule has 1 heterocycles. The second kappa shape index (κ2) is 6.70. The lowest BCUT2D eigenvalue weighted by atomic mass is 10.2. The molecule has 1 aromatic carbocycles. The summed E-state index contributed by atoms with van der Waals surface area (Å²) in [5.41, 5.74) is 1.62. The molecule has 5 nitrogen and oxygen atoms in total. The van der Waals surface area contributed by atoms with Gasteiger partial charge in [-0.25, -0.2) is 0 Å². The van der Waals surface area contributed by atoms with Crippen LogP contribution < -0.4 is 0 Å². The first-order chi connectivity index (χ1) is 9.27. The molecule has 0 saturated heterocycles. The van der Waals surface area contributed by atoms with Gasteiger partial charge in [0.25, 0.3) is 5.91 Å². The third-order valence-corrected chi connectivity index (χ3v) is 2.76. The quantitative estimate of drug-likeness (QED) is 0.803. The lowest BCUT2D eigenvalue weighted by Crippen LogP contribution is -2.30. The van der Waals surface area contributed by atoms with E-state index >= 15 is 0 Å². The van der Waals surface area contributed by atoms with Gasteiger partial charge in [-0.2, -0.15) is 5.10 Å². The Bertz CT molecular complexity index is 497. The molecular formula is C14H17N3O2. The SMILES string of the molecule is CN(CCOCc1ccccc1)C(=O)c1ccn[nH]1. The normalized spacial score (nSPS) is 10.4. The number of carbonyl (C=O) groups is 1. The first-order valence-electron chi connectivity index (χ1n) is 6.14. The molecule has 1 N–H and O–H groups in total. The molecule has 5 heteroatoms. The third kappa shape index (κ3) is 3.93. The van der Waals surface area contributed by atoms with Crippen molar-refractivity contribution in [2.45, 2.75) is 6.61 Å². The maximum absolute atomic E-state index is 11.9. The number of benzene rings is 1. The Labute approximate surface area is 112 Å². The average Bonchev–Trinajstić information content (AvgIpc) is 2.98. The second-order valence-electron chi connectivity index (χ2n) is 4.24. The fraction of sp³-hybridized carbons (Fsp3) is 0.286. The molecule has 2 rings (SSSR count). The Kier molecular flexibility index (Phi) is 4.69. The standard InChI is InChI=1S/C14H17N3O2/c1-17(14(18)13-7-8-15-16-13)9-10-19-11-12-5-3-2-4-6-12/h2-8H,9-11H2,1H3,(H,15,16). The number of aromatic amines is 1. The van der Waals surface area contributed by atoms with E-state index in [1.807, 2.05) is 30.3 Å². The minimum absolute atomic E-state index is 0.0826. The predicted octanol–water partition coefficient (Wildman–Crippen LogP) is 1.70. The fourth-order valence-electron chi connectivity index (χ4n) is 1.65. The van der Waals surface area contributed by atoms with Crippen molar-refractivity contribution < 1.29 is 9.53 Å². The van der Waals surface area contributed by atoms with Gasteiger partial charge < -0.3 is 9.64 Å². The van der Waals surface area contributed by atoms with Crippen LogP contribution in [0.1, 0.15) is 16.1 Å². The lowest BCUT2D eigenvalue weighted by molar-refractivity contribution is 0.0665. The Morgan fingerprint density at radius 1 is 1.32 bits per heavy atom. The van der Waals surface area contributed by atoms with Gasteiger partial charge in [0, 0.05) is 19.8 Å². The Balaban J connectivity index is 1.70. The molecule has 0 atom stereocenters. The third-order valence-electron chi connectivity index (χ3n) is 2.76.